The van der Waals surface area contributed by atoms with Crippen molar-refractivity contribution in [3.05, 3.63) is 174 Å². The molecule has 0 N–H and O–H groups in total. The fourth-order valence-corrected chi connectivity index (χ4v) is 8.63. The summed E-state index contributed by atoms with van der Waals surface area (Å²) in [5.41, 5.74) is 14.6. The van der Waals surface area contributed by atoms with E-state index in [4.69, 9.17) is 0 Å². The average Bonchev–Trinajstić information content (AvgIpc) is 3.46. The van der Waals surface area contributed by atoms with Gasteiger partial charge in [-0.25, -0.2) is 0 Å². The number of allylic oxidation sites excluding steroid dienone is 8. The number of fused-ring (bicyclic) bond motifs is 9. The zero-order valence-corrected chi connectivity index (χ0v) is 28.8. The van der Waals surface area contributed by atoms with Gasteiger partial charge in [0.1, 0.15) is 0 Å². The molecule has 3 unspecified atom stereocenters. The summed E-state index contributed by atoms with van der Waals surface area (Å²) < 4.78 is 2.56. The van der Waals surface area contributed by atoms with E-state index < -0.39 is 0 Å². The minimum absolute atomic E-state index is 0.0827. The highest BCUT2D eigenvalue weighted by molar-refractivity contribution is 6.09. The molecule has 3 aliphatic rings. The first-order chi connectivity index (χ1) is 23.9. The third kappa shape index (κ3) is 4.76. The van der Waals surface area contributed by atoms with Crippen LogP contribution in [-0.2, 0) is 5.41 Å². The molecule has 0 bridgehead atoms. The number of anilines is 2. The lowest BCUT2D eigenvalue weighted by Crippen LogP contribution is -2.29. The number of benzene rings is 5. The van der Waals surface area contributed by atoms with Gasteiger partial charge < -0.3 is 9.47 Å². The van der Waals surface area contributed by atoms with Crippen LogP contribution in [0.3, 0.4) is 0 Å². The second kappa shape index (κ2) is 11.4. The topological polar surface area (TPSA) is 8.17 Å². The van der Waals surface area contributed by atoms with Gasteiger partial charge in [0, 0.05) is 45.2 Å². The fourth-order valence-electron chi connectivity index (χ4n) is 8.63. The summed E-state index contributed by atoms with van der Waals surface area (Å²) in [6.45, 7) is 9.30. The molecule has 2 heteroatoms. The number of para-hydroxylation sites is 1. The van der Waals surface area contributed by atoms with Crippen molar-refractivity contribution >= 4 is 38.8 Å². The molecule has 0 radical (unpaired) electrons. The van der Waals surface area contributed by atoms with Crippen molar-refractivity contribution in [3.63, 3.8) is 0 Å². The summed E-state index contributed by atoms with van der Waals surface area (Å²) in [7, 11) is 0. The Hall–Kier alpha value is -5.34. The van der Waals surface area contributed by atoms with Gasteiger partial charge in [0.15, 0.2) is 0 Å². The molecule has 0 saturated heterocycles. The molecule has 0 spiro atoms. The van der Waals surface area contributed by atoms with E-state index in [0.29, 0.717) is 0 Å². The Balaban J connectivity index is 1.26. The zero-order chi connectivity index (χ0) is 33.3. The molecule has 49 heavy (non-hydrogen) atoms. The van der Waals surface area contributed by atoms with Gasteiger partial charge in [0.2, 0.25) is 0 Å². The molecule has 2 nitrogen and oxygen atoms in total. The van der Waals surface area contributed by atoms with Crippen LogP contribution >= 0.6 is 0 Å². The standard InChI is InChI=1S/C47H42N2/c1-31-43(29-28-42-38-18-9-8-16-36(38)37-17-10-11-20-41(37)46(31)42)48(34-24-22-32(23-25-34)47(2,3)4)35-26-27-40-39-19-12-13-21-44(39)49(45(40)30-35)33-14-6-5-7-15-33/h5-14,16-31,33,46H,15H2,1-4H3. The highest BCUT2D eigenvalue weighted by Crippen LogP contribution is 2.54. The molecular weight excluding hydrogens is 593 g/mol. The molecule has 5 aromatic carbocycles. The molecule has 1 aromatic heterocycles. The Morgan fingerprint density at radius 1 is 0.653 bits per heavy atom. The van der Waals surface area contributed by atoms with E-state index in [1.165, 1.54) is 72.3 Å². The average molecular weight is 635 g/mol. The summed E-state index contributed by atoms with van der Waals surface area (Å²) in [6.07, 6.45) is 14.8. The molecule has 0 fully saturated rings. The van der Waals surface area contributed by atoms with Crippen molar-refractivity contribution < 1.29 is 0 Å². The maximum atomic E-state index is 2.56. The van der Waals surface area contributed by atoms with E-state index in [-0.39, 0.29) is 23.3 Å². The first-order valence-electron chi connectivity index (χ1n) is 17.8. The molecule has 3 aliphatic carbocycles. The number of nitrogens with zero attached hydrogens (tertiary/aromatic N) is 2. The van der Waals surface area contributed by atoms with E-state index in [1.54, 1.807) is 0 Å². The van der Waals surface area contributed by atoms with Gasteiger partial charge >= 0.3 is 0 Å². The summed E-state index contributed by atoms with van der Waals surface area (Å²) in [5.74, 6) is 0.501. The quantitative estimate of drug-likeness (QED) is 0.187. The molecular formula is C47H42N2. The predicted molar refractivity (Wildman–Crippen MR) is 209 cm³/mol. The largest absolute Gasteiger partial charge is 0.333 e. The van der Waals surface area contributed by atoms with Crippen LogP contribution in [0.1, 0.15) is 62.8 Å². The fraction of sp³-hybridized carbons (Fsp3) is 0.191. The molecule has 0 amide bonds. The first-order valence-corrected chi connectivity index (χ1v) is 17.8. The van der Waals surface area contributed by atoms with Gasteiger partial charge in [-0.1, -0.05) is 143 Å². The molecule has 1 heterocycles. The molecule has 0 saturated carbocycles. The van der Waals surface area contributed by atoms with Gasteiger partial charge in [0.05, 0.1) is 11.6 Å². The third-order valence-corrected chi connectivity index (χ3v) is 11.1. The minimum Gasteiger partial charge on any atom is -0.333 e. The minimum atomic E-state index is 0.0827. The lowest BCUT2D eigenvalue weighted by Gasteiger charge is -2.41. The van der Waals surface area contributed by atoms with E-state index in [9.17, 15) is 0 Å². The summed E-state index contributed by atoms with van der Waals surface area (Å²) in [4.78, 5) is 2.53. The monoisotopic (exact) mass is 634 g/mol. The summed E-state index contributed by atoms with van der Waals surface area (Å²) in [6, 6.07) is 43.6. The van der Waals surface area contributed by atoms with Crippen molar-refractivity contribution in [1.29, 1.82) is 0 Å². The number of hydrogen-bond acceptors (Lipinski definition) is 1. The van der Waals surface area contributed by atoms with Gasteiger partial charge in [-0.2, -0.15) is 0 Å². The highest BCUT2D eigenvalue weighted by Gasteiger charge is 2.38. The van der Waals surface area contributed by atoms with Crippen molar-refractivity contribution in [2.45, 2.75) is 51.5 Å². The predicted octanol–water partition coefficient (Wildman–Crippen LogP) is 12.7. The van der Waals surface area contributed by atoms with Crippen LogP contribution in [-0.4, -0.2) is 4.57 Å². The second-order valence-corrected chi connectivity index (χ2v) is 14.9. The number of rotatable bonds is 4. The van der Waals surface area contributed by atoms with Crippen molar-refractivity contribution in [2.75, 3.05) is 4.90 Å². The number of aromatic nitrogens is 1. The highest BCUT2D eigenvalue weighted by atomic mass is 15.2. The number of hydrogen-bond donors (Lipinski definition) is 0. The smallest absolute Gasteiger partial charge is 0.0560 e. The zero-order valence-electron chi connectivity index (χ0n) is 28.8. The third-order valence-electron chi connectivity index (χ3n) is 11.1. The van der Waals surface area contributed by atoms with Crippen LogP contribution in [0.15, 0.2) is 157 Å². The first kappa shape index (κ1) is 29.8. The van der Waals surface area contributed by atoms with Crippen molar-refractivity contribution in [2.24, 2.45) is 5.92 Å². The van der Waals surface area contributed by atoms with Crippen molar-refractivity contribution in [1.82, 2.24) is 4.57 Å². The molecule has 3 atom stereocenters. The van der Waals surface area contributed by atoms with Crippen LogP contribution in [0.4, 0.5) is 11.4 Å². The van der Waals surface area contributed by atoms with Crippen LogP contribution < -0.4 is 4.90 Å². The van der Waals surface area contributed by atoms with Crippen LogP contribution in [0.2, 0.25) is 0 Å². The van der Waals surface area contributed by atoms with Crippen LogP contribution in [0.25, 0.3) is 38.5 Å². The van der Waals surface area contributed by atoms with Crippen LogP contribution in [0.5, 0.6) is 0 Å². The van der Waals surface area contributed by atoms with Crippen LogP contribution in [0, 0.1) is 5.92 Å². The van der Waals surface area contributed by atoms with E-state index in [1.807, 2.05) is 0 Å². The lowest BCUT2D eigenvalue weighted by molar-refractivity contribution is 0.589. The molecule has 240 valence electrons. The lowest BCUT2D eigenvalue weighted by atomic mass is 9.67. The van der Waals surface area contributed by atoms with Crippen molar-refractivity contribution in [3.8, 4) is 11.1 Å². The Kier molecular flexibility index (Phi) is 6.91. The Morgan fingerprint density at radius 2 is 1.35 bits per heavy atom. The Labute approximate surface area is 290 Å². The summed E-state index contributed by atoms with van der Waals surface area (Å²) in [5, 5.41) is 2.61. The Morgan fingerprint density at radius 3 is 2.12 bits per heavy atom. The van der Waals surface area contributed by atoms with Gasteiger partial charge in [-0.15, -0.1) is 0 Å². The maximum Gasteiger partial charge on any atom is 0.0560 e. The second-order valence-electron chi connectivity index (χ2n) is 14.9. The summed E-state index contributed by atoms with van der Waals surface area (Å²) >= 11 is 0. The van der Waals surface area contributed by atoms with Gasteiger partial charge in [-0.3, -0.25) is 0 Å². The van der Waals surface area contributed by atoms with E-state index in [0.717, 1.165) is 6.42 Å². The van der Waals surface area contributed by atoms with E-state index in [2.05, 4.69) is 189 Å². The maximum absolute atomic E-state index is 2.56. The molecule has 0 aliphatic heterocycles. The molecule has 6 aromatic rings. The SMILES string of the molecule is CC1C(N(c2ccc(C(C)(C)C)cc2)c2ccc3c4ccccc4n(C4C=CC=CC4)c3c2)=CC=C2c3ccccc3-c3ccccc3C21. The normalized spacial score (nSPS) is 19.6. The Bertz CT molecular complexity index is 2370. The van der Waals surface area contributed by atoms with Gasteiger partial charge in [-0.05, 0) is 81.6 Å². The van der Waals surface area contributed by atoms with Gasteiger partial charge in [0.25, 0.3) is 0 Å². The van der Waals surface area contributed by atoms with E-state index >= 15 is 0 Å². The molecule has 9 rings (SSSR count).